The van der Waals surface area contributed by atoms with E-state index in [1.807, 2.05) is 6.08 Å². The fourth-order valence-electron chi connectivity index (χ4n) is 7.67. The van der Waals surface area contributed by atoms with Crippen molar-refractivity contribution in [2.24, 2.45) is 0 Å². The van der Waals surface area contributed by atoms with Crippen molar-refractivity contribution in [2.75, 3.05) is 0 Å². The summed E-state index contributed by atoms with van der Waals surface area (Å²) >= 11 is 0. The highest BCUT2D eigenvalue weighted by Crippen LogP contribution is 2.62. The zero-order valence-corrected chi connectivity index (χ0v) is 24.2. The molecule has 0 N–H and O–H groups in total. The lowest BCUT2D eigenvalue weighted by molar-refractivity contribution is 0.786. The van der Waals surface area contributed by atoms with E-state index in [1.54, 1.807) is 0 Å². The van der Waals surface area contributed by atoms with Gasteiger partial charge in [-0.1, -0.05) is 133 Å². The second-order valence-electron chi connectivity index (χ2n) is 11.8. The lowest BCUT2D eigenvalue weighted by atomic mass is 9.69. The van der Waals surface area contributed by atoms with Gasteiger partial charge in [-0.15, -0.1) is 5.73 Å². The average Bonchev–Trinajstić information content (AvgIpc) is 3.39. The van der Waals surface area contributed by atoms with Crippen LogP contribution in [0.1, 0.15) is 22.3 Å². The first kappa shape index (κ1) is 24.9. The number of hydrogen-bond donors (Lipinski definition) is 0. The minimum atomic E-state index is -0.368. The van der Waals surface area contributed by atoms with Crippen molar-refractivity contribution in [3.8, 4) is 44.5 Å². The third-order valence-corrected chi connectivity index (χ3v) is 9.52. The van der Waals surface area contributed by atoms with E-state index in [0.29, 0.717) is 0 Å². The monoisotopic (exact) mass is 556 g/mol. The Morgan fingerprint density at radius 3 is 1.64 bits per heavy atom. The molecule has 3 aliphatic rings. The second-order valence-corrected chi connectivity index (χ2v) is 11.8. The third kappa shape index (κ3) is 3.53. The first-order chi connectivity index (χ1) is 21.8. The molecule has 0 aliphatic heterocycles. The summed E-state index contributed by atoms with van der Waals surface area (Å²) in [6.45, 7) is 0. The van der Waals surface area contributed by atoms with Crippen molar-refractivity contribution >= 4 is 5.57 Å². The van der Waals surface area contributed by atoms with Crippen molar-refractivity contribution < 1.29 is 0 Å². The summed E-state index contributed by atoms with van der Waals surface area (Å²) in [6.07, 6.45) is 8.60. The number of fused-ring (bicyclic) bond motifs is 9. The highest BCUT2D eigenvalue weighted by molar-refractivity contribution is 5.99. The minimum Gasteiger partial charge on any atom is -0.120 e. The van der Waals surface area contributed by atoms with Gasteiger partial charge in [-0.2, -0.15) is 0 Å². The standard InChI is InChI=1S/C44H28/c1-4-14-30(15-5-1)33-26-34(31-16-6-2-7-17-31)28-35(27-33)32-24-25-43-39(29-32)38-20-11-13-23-42(38)44(43)40-21-9-3-8-18-36(40)37-19-10-12-22-41(37)44/h1-8,10-29H. The smallest absolute Gasteiger partial charge is 0.0731 e. The Labute approximate surface area is 258 Å². The van der Waals surface area contributed by atoms with Gasteiger partial charge < -0.3 is 0 Å². The zero-order chi connectivity index (χ0) is 29.1. The Morgan fingerprint density at radius 2 is 0.955 bits per heavy atom. The summed E-state index contributed by atoms with van der Waals surface area (Å²) in [4.78, 5) is 0. The van der Waals surface area contributed by atoms with Gasteiger partial charge in [0.2, 0.25) is 0 Å². The third-order valence-electron chi connectivity index (χ3n) is 9.52. The highest BCUT2D eigenvalue weighted by Gasteiger charge is 2.51. The lowest BCUT2D eigenvalue weighted by Gasteiger charge is -2.31. The number of allylic oxidation sites excluding steroid dienone is 5. The van der Waals surface area contributed by atoms with Crippen LogP contribution in [0.2, 0.25) is 0 Å². The number of hydrogen-bond acceptors (Lipinski definition) is 0. The molecule has 6 aromatic rings. The molecule has 0 nitrogen and oxygen atoms in total. The molecule has 1 unspecified atom stereocenters. The SMILES string of the molecule is C1=CC=CC2=C(C=1)C1(c3ccccc32)c2ccccc2-c2cc(-c3cc(-c4ccccc4)cc(-c4ccccc4)c3)ccc21. The summed E-state index contributed by atoms with van der Waals surface area (Å²) in [5.74, 6) is 0. The highest BCUT2D eigenvalue weighted by atomic mass is 14.5. The largest absolute Gasteiger partial charge is 0.120 e. The lowest BCUT2D eigenvalue weighted by Crippen LogP contribution is -2.26. The maximum Gasteiger partial charge on any atom is 0.0731 e. The molecule has 0 saturated carbocycles. The topological polar surface area (TPSA) is 0 Å². The van der Waals surface area contributed by atoms with Crippen LogP contribution in [-0.2, 0) is 5.41 Å². The summed E-state index contributed by atoms with van der Waals surface area (Å²) in [6, 6.07) is 53.5. The summed E-state index contributed by atoms with van der Waals surface area (Å²) in [5, 5.41) is 0. The van der Waals surface area contributed by atoms with Gasteiger partial charge in [0.25, 0.3) is 0 Å². The minimum absolute atomic E-state index is 0.368. The maximum absolute atomic E-state index is 3.45. The molecular weight excluding hydrogens is 528 g/mol. The summed E-state index contributed by atoms with van der Waals surface area (Å²) < 4.78 is 0. The predicted octanol–water partition coefficient (Wildman–Crippen LogP) is 11.1. The molecule has 0 bridgehead atoms. The van der Waals surface area contributed by atoms with Crippen molar-refractivity contribution in [1.29, 1.82) is 0 Å². The Bertz CT molecular complexity index is 2180. The Kier molecular flexibility index (Phi) is 5.47. The van der Waals surface area contributed by atoms with Gasteiger partial charge in [-0.25, -0.2) is 0 Å². The molecule has 9 rings (SSSR count). The van der Waals surface area contributed by atoms with Crippen LogP contribution in [-0.4, -0.2) is 0 Å². The van der Waals surface area contributed by atoms with Gasteiger partial charge in [-0.3, -0.25) is 0 Å². The van der Waals surface area contributed by atoms with Crippen molar-refractivity contribution in [2.45, 2.75) is 5.41 Å². The van der Waals surface area contributed by atoms with E-state index in [2.05, 4.69) is 170 Å². The molecular formula is C44H28. The van der Waals surface area contributed by atoms with E-state index in [1.165, 1.54) is 77.9 Å². The average molecular weight is 557 g/mol. The zero-order valence-electron chi connectivity index (χ0n) is 24.2. The van der Waals surface area contributed by atoms with Crippen molar-refractivity contribution in [1.82, 2.24) is 0 Å². The molecule has 0 amide bonds. The molecule has 0 saturated heterocycles. The molecule has 6 aromatic carbocycles. The van der Waals surface area contributed by atoms with Crippen molar-refractivity contribution in [3.05, 3.63) is 203 Å². The molecule has 204 valence electrons. The second kappa shape index (κ2) is 9.68. The van der Waals surface area contributed by atoms with Crippen LogP contribution in [0.3, 0.4) is 0 Å². The molecule has 0 radical (unpaired) electrons. The molecule has 3 aliphatic carbocycles. The van der Waals surface area contributed by atoms with Crippen LogP contribution in [0.15, 0.2) is 181 Å². The first-order valence-electron chi connectivity index (χ1n) is 15.3. The van der Waals surface area contributed by atoms with E-state index in [0.717, 1.165) is 0 Å². The van der Waals surface area contributed by atoms with Gasteiger partial charge in [0.1, 0.15) is 0 Å². The van der Waals surface area contributed by atoms with Crippen LogP contribution >= 0.6 is 0 Å². The first-order valence-corrected chi connectivity index (χ1v) is 15.3. The van der Waals surface area contributed by atoms with Crippen LogP contribution in [0.5, 0.6) is 0 Å². The predicted molar refractivity (Wildman–Crippen MR) is 183 cm³/mol. The quantitative estimate of drug-likeness (QED) is 0.190. The number of rotatable bonds is 3. The summed E-state index contributed by atoms with van der Waals surface area (Å²) in [7, 11) is 0. The van der Waals surface area contributed by atoms with E-state index >= 15 is 0 Å². The van der Waals surface area contributed by atoms with E-state index in [-0.39, 0.29) is 5.41 Å². The molecule has 0 fully saturated rings. The Balaban J connectivity index is 1.30. The number of benzene rings is 6. The molecule has 1 spiro atoms. The Morgan fingerprint density at radius 1 is 0.409 bits per heavy atom. The van der Waals surface area contributed by atoms with Gasteiger partial charge in [-0.05, 0) is 114 Å². The van der Waals surface area contributed by atoms with Crippen LogP contribution in [0.25, 0.3) is 50.1 Å². The molecule has 0 heterocycles. The Hall–Kier alpha value is -5.68. The van der Waals surface area contributed by atoms with E-state index in [4.69, 9.17) is 0 Å². The molecule has 0 aromatic heterocycles. The van der Waals surface area contributed by atoms with Crippen LogP contribution < -0.4 is 0 Å². The van der Waals surface area contributed by atoms with Crippen LogP contribution in [0.4, 0.5) is 0 Å². The van der Waals surface area contributed by atoms with Gasteiger partial charge in [0.15, 0.2) is 0 Å². The van der Waals surface area contributed by atoms with Gasteiger partial charge in [0.05, 0.1) is 5.41 Å². The molecule has 44 heavy (non-hydrogen) atoms. The van der Waals surface area contributed by atoms with Gasteiger partial charge >= 0.3 is 0 Å². The van der Waals surface area contributed by atoms with E-state index < -0.39 is 0 Å². The fraction of sp³-hybridized carbons (Fsp3) is 0.0227. The fourth-order valence-corrected chi connectivity index (χ4v) is 7.67. The molecule has 1 atom stereocenters. The normalized spacial score (nSPS) is 16.9. The van der Waals surface area contributed by atoms with Crippen molar-refractivity contribution in [3.63, 3.8) is 0 Å². The summed E-state index contributed by atoms with van der Waals surface area (Å²) in [5.41, 5.74) is 21.0. The van der Waals surface area contributed by atoms with Gasteiger partial charge in [0, 0.05) is 0 Å². The molecule has 0 heteroatoms. The maximum atomic E-state index is 3.45. The van der Waals surface area contributed by atoms with Crippen LogP contribution in [0, 0.1) is 0 Å². The van der Waals surface area contributed by atoms with E-state index in [9.17, 15) is 0 Å².